The monoisotopic (exact) mass is 370 g/mol. The molecule has 9 heteroatoms. The van der Waals surface area contributed by atoms with Crippen LogP contribution in [0.2, 0.25) is 0 Å². The second-order valence-corrected chi connectivity index (χ2v) is 8.36. The van der Waals surface area contributed by atoms with Gasteiger partial charge in [0.05, 0.1) is 4.90 Å². The first-order valence-electron chi connectivity index (χ1n) is 8.36. The quantitative estimate of drug-likeness (QED) is 0.761. The summed E-state index contributed by atoms with van der Waals surface area (Å²) in [7, 11) is -1.62. The zero-order valence-corrected chi connectivity index (χ0v) is 15.1. The summed E-state index contributed by atoms with van der Waals surface area (Å²) in [4.78, 5) is 18.3. The Morgan fingerprint density at radius 2 is 1.36 bits per heavy atom. The molecule has 1 aromatic carbocycles. The summed E-state index contributed by atoms with van der Waals surface area (Å²) in [6.45, 7) is 4.33. The fraction of sp³-hybridized carbons (Fsp3) is 0.562. The van der Waals surface area contributed by atoms with Crippen molar-refractivity contribution in [1.82, 2.24) is 19.0 Å². The van der Waals surface area contributed by atoms with E-state index in [0.717, 1.165) is 25.2 Å². The first-order valence-corrected chi connectivity index (χ1v) is 9.80. The molecule has 0 aliphatic carbocycles. The number of amides is 2. The molecular weight excluding hydrogens is 347 g/mol. The van der Waals surface area contributed by atoms with Crippen LogP contribution in [0.3, 0.4) is 0 Å². The third-order valence-electron chi connectivity index (χ3n) is 4.73. The van der Waals surface area contributed by atoms with Crippen molar-refractivity contribution in [3.8, 4) is 0 Å². The van der Waals surface area contributed by atoms with Gasteiger partial charge in [0, 0.05) is 52.4 Å². The maximum atomic E-state index is 13.0. The molecule has 1 aromatic rings. The highest BCUT2D eigenvalue weighted by Gasteiger charge is 2.32. The third-order valence-corrected chi connectivity index (χ3v) is 6.65. The summed E-state index contributed by atoms with van der Waals surface area (Å²) in [6.07, 6.45) is 0. The molecule has 2 saturated heterocycles. The number of piperazine rings is 2. The van der Waals surface area contributed by atoms with Crippen LogP contribution in [0.4, 0.5) is 9.18 Å². The Kier molecular flexibility index (Phi) is 5.26. The van der Waals surface area contributed by atoms with Gasteiger partial charge in [-0.2, -0.15) is 4.31 Å². The van der Waals surface area contributed by atoms with Crippen LogP contribution in [-0.4, -0.2) is 92.9 Å². The number of rotatable bonds is 2. The molecule has 2 fully saturated rings. The molecule has 0 saturated carbocycles. The van der Waals surface area contributed by atoms with Gasteiger partial charge in [-0.3, -0.25) is 0 Å². The van der Waals surface area contributed by atoms with E-state index >= 15 is 0 Å². The van der Waals surface area contributed by atoms with Crippen LogP contribution in [0.15, 0.2) is 29.2 Å². The predicted molar refractivity (Wildman–Crippen MR) is 91.2 cm³/mol. The number of carbonyl (C=O) groups excluding carboxylic acids is 1. The van der Waals surface area contributed by atoms with Gasteiger partial charge >= 0.3 is 6.03 Å². The largest absolute Gasteiger partial charge is 0.322 e. The van der Waals surface area contributed by atoms with E-state index in [4.69, 9.17) is 0 Å². The lowest BCUT2D eigenvalue weighted by atomic mass is 10.3. The zero-order chi connectivity index (χ0) is 18.0. The van der Waals surface area contributed by atoms with Crippen molar-refractivity contribution in [2.24, 2.45) is 0 Å². The molecule has 2 aliphatic rings. The fourth-order valence-corrected chi connectivity index (χ4v) is 4.50. The molecule has 138 valence electrons. The van der Waals surface area contributed by atoms with Gasteiger partial charge in [0.2, 0.25) is 10.0 Å². The average Bonchev–Trinajstić information content (AvgIpc) is 2.62. The summed E-state index contributed by atoms with van der Waals surface area (Å²) in [5, 5.41) is 0. The van der Waals surface area contributed by atoms with Gasteiger partial charge in [-0.15, -0.1) is 0 Å². The Bertz CT molecular complexity index is 709. The predicted octanol–water partition coefficient (Wildman–Crippen LogP) is 0.499. The Labute approximate surface area is 147 Å². The highest BCUT2D eigenvalue weighted by molar-refractivity contribution is 7.89. The third kappa shape index (κ3) is 3.94. The van der Waals surface area contributed by atoms with E-state index in [2.05, 4.69) is 4.90 Å². The Morgan fingerprint density at radius 1 is 0.880 bits per heavy atom. The van der Waals surface area contributed by atoms with Gasteiger partial charge in [0.15, 0.2) is 0 Å². The van der Waals surface area contributed by atoms with Crippen LogP contribution >= 0.6 is 0 Å². The van der Waals surface area contributed by atoms with Crippen molar-refractivity contribution >= 4 is 16.1 Å². The SMILES string of the molecule is CN1CCN(C(=O)N2CCN(S(=O)(=O)c3ccc(F)cc3)CC2)CC1. The maximum absolute atomic E-state index is 13.0. The number of sulfonamides is 1. The van der Waals surface area contributed by atoms with E-state index < -0.39 is 15.8 Å². The van der Waals surface area contributed by atoms with Crippen molar-refractivity contribution in [2.45, 2.75) is 4.90 Å². The van der Waals surface area contributed by atoms with E-state index in [1.807, 2.05) is 11.9 Å². The van der Waals surface area contributed by atoms with E-state index in [-0.39, 0.29) is 24.0 Å². The molecular formula is C16H23FN4O3S. The molecule has 2 heterocycles. The van der Waals surface area contributed by atoms with Gasteiger partial charge < -0.3 is 14.7 Å². The summed E-state index contributed by atoms with van der Waals surface area (Å²) in [5.41, 5.74) is 0. The lowest BCUT2D eigenvalue weighted by Gasteiger charge is -2.39. The van der Waals surface area contributed by atoms with E-state index in [0.29, 0.717) is 26.2 Å². The Hall–Kier alpha value is -1.71. The minimum absolute atomic E-state index is 0.0214. The van der Waals surface area contributed by atoms with Crippen LogP contribution in [0, 0.1) is 5.82 Å². The molecule has 0 spiro atoms. The normalized spacial score (nSPS) is 20.7. The summed E-state index contributed by atoms with van der Waals surface area (Å²) >= 11 is 0. The van der Waals surface area contributed by atoms with E-state index in [1.165, 1.54) is 16.4 Å². The van der Waals surface area contributed by atoms with E-state index in [9.17, 15) is 17.6 Å². The molecule has 0 unspecified atom stereocenters. The standard InChI is InChI=1S/C16H23FN4O3S/c1-18-6-8-19(9-7-18)16(22)20-10-12-21(13-11-20)25(23,24)15-4-2-14(17)3-5-15/h2-5H,6-13H2,1H3. The number of urea groups is 1. The summed E-state index contributed by atoms with van der Waals surface area (Å²) < 4.78 is 39.5. The van der Waals surface area contributed by atoms with Crippen LogP contribution in [-0.2, 0) is 10.0 Å². The van der Waals surface area contributed by atoms with Crippen LogP contribution < -0.4 is 0 Å². The molecule has 0 atom stereocenters. The Balaban J connectivity index is 1.59. The zero-order valence-electron chi connectivity index (χ0n) is 14.3. The molecule has 25 heavy (non-hydrogen) atoms. The van der Waals surface area contributed by atoms with Gasteiger partial charge in [0.1, 0.15) is 5.82 Å². The second-order valence-electron chi connectivity index (χ2n) is 6.42. The topological polar surface area (TPSA) is 64.2 Å². The average molecular weight is 370 g/mol. The van der Waals surface area contributed by atoms with Crippen LogP contribution in [0.25, 0.3) is 0 Å². The smallest absolute Gasteiger partial charge is 0.320 e. The molecule has 0 radical (unpaired) electrons. The van der Waals surface area contributed by atoms with Gasteiger partial charge in [-0.05, 0) is 31.3 Å². The van der Waals surface area contributed by atoms with Crippen molar-refractivity contribution in [1.29, 1.82) is 0 Å². The lowest BCUT2D eigenvalue weighted by molar-refractivity contribution is 0.110. The van der Waals surface area contributed by atoms with E-state index in [1.54, 1.807) is 4.90 Å². The fourth-order valence-electron chi connectivity index (χ4n) is 3.07. The van der Waals surface area contributed by atoms with Gasteiger partial charge in [-0.1, -0.05) is 0 Å². The molecule has 0 bridgehead atoms. The Morgan fingerprint density at radius 3 is 1.88 bits per heavy atom. The molecule has 2 aliphatic heterocycles. The highest BCUT2D eigenvalue weighted by Crippen LogP contribution is 2.18. The number of hydrogen-bond acceptors (Lipinski definition) is 4. The number of carbonyl (C=O) groups is 1. The van der Waals surface area contributed by atoms with Crippen molar-refractivity contribution in [2.75, 3.05) is 59.4 Å². The minimum atomic E-state index is -3.65. The number of benzene rings is 1. The van der Waals surface area contributed by atoms with Crippen molar-refractivity contribution in [3.63, 3.8) is 0 Å². The van der Waals surface area contributed by atoms with Crippen molar-refractivity contribution < 1.29 is 17.6 Å². The van der Waals surface area contributed by atoms with Crippen LogP contribution in [0.1, 0.15) is 0 Å². The molecule has 3 rings (SSSR count). The number of halogens is 1. The molecule has 0 aromatic heterocycles. The first-order chi connectivity index (χ1) is 11.9. The van der Waals surface area contributed by atoms with Crippen LogP contribution in [0.5, 0.6) is 0 Å². The molecule has 0 N–H and O–H groups in total. The summed E-state index contributed by atoms with van der Waals surface area (Å²) in [5.74, 6) is -0.471. The molecule has 7 nitrogen and oxygen atoms in total. The minimum Gasteiger partial charge on any atom is -0.322 e. The first kappa shape index (κ1) is 18.1. The van der Waals surface area contributed by atoms with Gasteiger partial charge in [0.25, 0.3) is 0 Å². The molecule has 2 amide bonds. The second kappa shape index (κ2) is 7.27. The number of hydrogen-bond donors (Lipinski definition) is 0. The number of likely N-dealkylation sites (N-methyl/N-ethyl adjacent to an activating group) is 1. The van der Waals surface area contributed by atoms with Crippen molar-refractivity contribution in [3.05, 3.63) is 30.1 Å². The highest BCUT2D eigenvalue weighted by atomic mass is 32.2. The summed E-state index contributed by atoms with van der Waals surface area (Å²) in [6, 6.07) is 4.80. The number of nitrogens with zero attached hydrogens (tertiary/aromatic N) is 4. The lowest BCUT2D eigenvalue weighted by Crippen LogP contribution is -2.57. The maximum Gasteiger partial charge on any atom is 0.320 e. The van der Waals surface area contributed by atoms with Gasteiger partial charge in [-0.25, -0.2) is 17.6 Å².